The van der Waals surface area contributed by atoms with E-state index in [1.54, 1.807) is 10.9 Å². The number of amides is 1. The predicted molar refractivity (Wildman–Crippen MR) is 100.0 cm³/mol. The number of aryl methyl sites for hydroxylation is 1. The Hall–Kier alpha value is -1.56. The molecule has 1 aliphatic rings. The Bertz CT molecular complexity index is 753. The van der Waals surface area contributed by atoms with Crippen LogP contribution in [0.4, 0.5) is 0 Å². The highest BCUT2D eigenvalue weighted by Crippen LogP contribution is 2.23. The SMILES string of the molecule is Cc1ccnn1C(C)C(=O)N1CCN(Cc2ccc(Cl)c(Cl)c2)CC1. The highest BCUT2D eigenvalue weighted by Gasteiger charge is 2.26. The van der Waals surface area contributed by atoms with Gasteiger partial charge in [-0.3, -0.25) is 14.4 Å². The minimum absolute atomic E-state index is 0.126. The summed E-state index contributed by atoms with van der Waals surface area (Å²) in [5.74, 6) is 0.126. The Morgan fingerprint density at radius 3 is 2.48 bits per heavy atom. The van der Waals surface area contributed by atoms with Crippen molar-refractivity contribution in [3.05, 3.63) is 51.8 Å². The van der Waals surface area contributed by atoms with Gasteiger partial charge >= 0.3 is 0 Å². The maximum absolute atomic E-state index is 12.7. The van der Waals surface area contributed by atoms with E-state index in [0.29, 0.717) is 10.0 Å². The summed E-state index contributed by atoms with van der Waals surface area (Å²) in [4.78, 5) is 17.0. The molecule has 2 heterocycles. The van der Waals surface area contributed by atoms with Crippen molar-refractivity contribution in [1.82, 2.24) is 19.6 Å². The first-order chi connectivity index (χ1) is 12.0. The molecule has 7 heteroatoms. The average molecular weight is 381 g/mol. The smallest absolute Gasteiger partial charge is 0.247 e. The maximum Gasteiger partial charge on any atom is 0.247 e. The van der Waals surface area contributed by atoms with Gasteiger partial charge in [-0.1, -0.05) is 29.3 Å². The molecule has 0 radical (unpaired) electrons. The number of hydrogen-bond acceptors (Lipinski definition) is 3. The third kappa shape index (κ3) is 4.17. The van der Waals surface area contributed by atoms with E-state index in [2.05, 4.69) is 10.00 Å². The molecule has 1 saturated heterocycles. The van der Waals surface area contributed by atoms with Crippen molar-refractivity contribution >= 4 is 29.1 Å². The molecule has 134 valence electrons. The highest BCUT2D eigenvalue weighted by molar-refractivity contribution is 6.42. The molecule has 0 aliphatic carbocycles. The maximum atomic E-state index is 12.7. The molecule has 3 rings (SSSR count). The van der Waals surface area contributed by atoms with Crippen LogP contribution >= 0.6 is 23.2 Å². The van der Waals surface area contributed by atoms with Crippen LogP contribution in [0, 0.1) is 6.92 Å². The van der Waals surface area contributed by atoms with Crippen LogP contribution < -0.4 is 0 Å². The van der Waals surface area contributed by atoms with Gasteiger partial charge < -0.3 is 4.90 Å². The van der Waals surface area contributed by atoms with Gasteiger partial charge in [0.15, 0.2) is 0 Å². The summed E-state index contributed by atoms with van der Waals surface area (Å²) in [5.41, 5.74) is 2.13. The number of aromatic nitrogens is 2. The third-order valence-corrected chi connectivity index (χ3v) is 5.41. The lowest BCUT2D eigenvalue weighted by molar-refractivity contribution is -0.136. The predicted octanol–water partition coefficient (Wildman–Crippen LogP) is 3.40. The molecule has 2 aromatic rings. The van der Waals surface area contributed by atoms with Crippen molar-refractivity contribution in [3.8, 4) is 0 Å². The number of rotatable bonds is 4. The molecule has 0 spiro atoms. The Morgan fingerprint density at radius 2 is 1.88 bits per heavy atom. The van der Waals surface area contributed by atoms with E-state index < -0.39 is 0 Å². The number of piperazine rings is 1. The second kappa shape index (κ2) is 7.77. The average Bonchev–Trinajstić information content (AvgIpc) is 3.03. The Labute approximate surface area is 158 Å². The van der Waals surface area contributed by atoms with Gasteiger partial charge in [0.2, 0.25) is 5.91 Å². The minimum Gasteiger partial charge on any atom is -0.338 e. The number of halogens is 2. The van der Waals surface area contributed by atoms with Gasteiger partial charge in [-0.15, -0.1) is 0 Å². The van der Waals surface area contributed by atoms with E-state index in [9.17, 15) is 4.79 Å². The lowest BCUT2D eigenvalue weighted by Gasteiger charge is -2.36. The zero-order chi connectivity index (χ0) is 18.0. The molecule has 5 nitrogen and oxygen atoms in total. The fourth-order valence-corrected chi connectivity index (χ4v) is 3.50. The molecular formula is C18H22Cl2N4O. The standard InChI is InChI=1S/C18H22Cl2N4O/c1-13-5-6-21-24(13)14(2)18(25)23-9-7-22(8-10-23)12-15-3-4-16(19)17(20)11-15/h3-6,11,14H,7-10,12H2,1-2H3. The van der Waals surface area contributed by atoms with Crippen LogP contribution in [0.15, 0.2) is 30.5 Å². The number of carbonyl (C=O) groups is 1. The topological polar surface area (TPSA) is 41.4 Å². The van der Waals surface area contributed by atoms with Crippen molar-refractivity contribution in [1.29, 1.82) is 0 Å². The van der Waals surface area contributed by atoms with Crippen molar-refractivity contribution < 1.29 is 4.79 Å². The van der Waals surface area contributed by atoms with Crippen molar-refractivity contribution in [3.63, 3.8) is 0 Å². The van der Waals surface area contributed by atoms with Crippen LogP contribution in [-0.4, -0.2) is 51.7 Å². The molecule has 1 amide bonds. The largest absolute Gasteiger partial charge is 0.338 e. The van der Waals surface area contributed by atoms with Gasteiger partial charge in [-0.05, 0) is 37.6 Å². The van der Waals surface area contributed by atoms with E-state index in [1.807, 2.05) is 43.0 Å². The molecule has 0 N–H and O–H groups in total. The van der Waals surface area contributed by atoms with E-state index in [-0.39, 0.29) is 11.9 Å². The molecular weight excluding hydrogens is 359 g/mol. The molecule has 25 heavy (non-hydrogen) atoms. The van der Waals surface area contributed by atoms with E-state index in [0.717, 1.165) is 44.0 Å². The third-order valence-electron chi connectivity index (χ3n) is 4.67. The summed E-state index contributed by atoms with van der Waals surface area (Å²) in [6, 6.07) is 7.38. The van der Waals surface area contributed by atoms with E-state index >= 15 is 0 Å². The van der Waals surface area contributed by atoms with Gasteiger partial charge in [-0.25, -0.2) is 0 Å². The number of nitrogens with zero attached hydrogens (tertiary/aromatic N) is 4. The first-order valence-corrected chi connectivity index (χ1v) is 9.16. The van der Waals surface area contributed by atoms with Crippen LogP contribution in [-0.2, 0) is 11.3 Å². The first-order valence-electron chi connectivity index (χ1n) is 8.41. The molecule has 1 aromatic heterocycles. The molecule has 1 aliphatic heterocycles. The van der Waals surface area contributed by atoms with Crippen LogP contribution in [0.2, 0.25) is 10.0 Å². The summed E-state index contributed by atoms with van der Waals surface area (Å²) in [7, 11) is 0. The Kier molecular flexibility index (Phi) is 5.67. The normalized spacial score (nSPS) is 16.9. The molecule has 1 atom stereocenters. The summed E-state index contributed by atoms with van der Waals surface area (Å²) >= 11 is 12.0. The number of hydrogen-bond donors (Lipinski definition) is 0. The van der Waals surface area contributed by atoms with Gasteiger partial charge in [0, 0.05) is 44.6 Å². The number of benzene rings is 1. The summed E-state index contributed by atoms with van der Waals surface area (Å²) in [6.07, 6.45) is 1.73. The van der Waals surface area contributed by atoms with Crippen LogP contribution in [0.5, 0.6) is 0 Å². The fraction of sp³-hybridized carbons (Fsp3) is 0.444. The van der Waals surface area contributed by atoms with Gasteiger partial charge in [0.05, 0.1) is 10.0 Å². The minimum atomic E-state index is -0.267. The molecule has 1 fully saturated rings. The summed E-state index contributed by atoms with van der Waals surface area (Å²) in [6.45, 7) is 7.83. The Morgan fingerprint density at radius 1 is 1.16 bits per heavy atom. The lowest BCUT2D eigenvalue weighted by atomic mass is 10.2. The van der Waals surface area contributed by atoms with E-state index in [4.69, 9.17) is 23.2 Å². The lowest BCUT2D eigenvalue weighted by Crippen LogP contribution is -2.50. The second-order valence-corrected chi connectivity index (χ2v) is 7.26. The van der Waals surface area contributed by atoms with Crippen LogP contribution in [0.3, 0.4) is 0 Å². The van der Waals surface area contributed by atoms with Crippen molar-refractivity contribution in [2.45, 2.75) is 26.4 Å². The number of carbonyl (C=O) groups excluding carboxylic acids is 1. The van der Waals surface area contributed by atoms with Crippen molar-refractivity contribution in [2.24, 2.45) is 0 Å². The van der Waals surface area contributed by atoms with Crippen LogP contribution in [0.1, 0.15) is 24.2 Å². The highest BCUT2D eigenvalue weighted by atomic mass is 35.5. The fourth-order valence-electron chi connectivity index (χ4n) is 3.18. The monoisotopic (exact) mass is 380 g/mol. The summed E-state index contributed by atoms with van der Waals surface area (Å²) in [5, 5.41) is 5.41. The molecule has 0 bridgehead atoms. The quantitative estimate of drug-likeness (QED) is 0.815. The van der Waals surface area contributed by atoms with Crippen molar-refractivity contribution in [2.75, 3.05) is 26.2 Å². The summed E-state index contributed by atoms with van der Waals surface area (Å²) < 4.78 is 1.78. The zero-order valence-electron chi connectivity index (χ0n) is 14.5. The molecule has 1 aromatic carbocycles. The zero-order valence-corrected chi connectivity index (χ0v) is 16.0. The molecule has 1 unspecified atom stereocenters. The second-order valence-electron chi connectivity index (χ2n) is 6.44. The van der Waals surface area contributed by atoms with Gasteiger partial charge in [-0.2, -0.15) is 5.10 Å². The first kappa shape index (κ1) is 18.2. The van der Waals surface area contributed by atoms with Gasteiger partial charge in [0.25, 0.3) is 0 Å². The van der Waals surface area contributed by atoms with E-state index in [1.165, 1.54) is 0 Å². The van der Waals surface area contributed by atoms with Crippen LogP contribution in [0.25, 0.3) is 0 Å². The molecule has 0 saturated carbocycles. The van der Waals surface area contributed by atoms with Gasteiger partial charge in [0.1, 0.15) is 6.04 Å². The Balaban J connectivity index is 1.55.